The van der Waals surface area contributed by atoms with E-state index < -0.39 is 0 Å². The van der Waals surface area contributed by atoms with E-state index in [1.807, 2.05) is 26.0 Å². The first-order chi connectivity index (χ1) is 7.66. The molecule has 4 nitrogen and oxygen atoms in total. The zero-order valence-corrected chi connectivity index (χ0v) is 9.78. The summed E-state index contributed by atoms with van der Waals surface area (Å²) >= 11 is 0. The summed E-state index contributed by atoms with van der Waals surface area (Å²) in [5.74, 6) is 0. The van der Waals surface area contributed by atoms with Crippen LogP contribution >= 0.6 is 0 Å². The Bertz CT molecular complexity index is 462. The summed E-state index contributed by atoms with van der Waals surface area (Å²) in [5.41, 5.74) is 4.19. The van der Waals surface area contributed by atoms with Crippen LogP contribution in [0.5, 0.6) is 0 Å². The molecule has 1 unspecified atom stereocenters. The highest BCUT2D eigenvalue weighted by molar-refractivity contribution is 5.49. The van der Waals surface area contributed by atoms with Crippen LogP contribution in [0.2, 0.25) is 0 Å². The Morgan fingerprint density at radius 1 is 1.25 bits per heavy atom. The first kappa shape index (κ1) is 10.7. The number of nitrogens with zero attached hydrogens (tertiary/aromatic N) is 2. The van der Waals surface area contributed by atoms with E-state index >= 15 is 0 Å². The second-order valence-corrected chi connectivity index (χ2v) is 3.96. The van der Waals surface area contributed by atoms with Gasteiger partial charge < -0.3 is 5.32 Å². The quantitative estimate of drug-likeness (QED) is 0.829. The molecule has 0 fully saturated rings. The van der Waals surface area contributed by atoms with Crippen molar-refractivity contribution in [3.05, 3.63) is 41.5 Å². The van der Waals surface area contributed by atoms with Crippen molar-refractivity contribution in [3.8, 4) is 0 Å². The van der Waals surface area contributed by atoms with E-state index in [1.54, 1.807) is 6.20 Å². The summed E-state index contributed by atoms with van der Waals surface area (Å²) in [6, 6.07) is 6.24. The predicted molar refractivity (Wildman–Crippen MR) is 64.3 cm³/mol. The molecule has 0 amide bonds. The van der Waals surface area contributed by atoms with Crippen LogP contribution in [0.25, 0.3) is 0 Å². The van der Waals surface area contributed by atoms with Crippen LogP contribution in [-0.4, -0.2) is 15.2 Å². The Morgan fingerprint density at radius 2 is 2.06 bits per heavy atom. The van der Waals surface area contributed by atoms with Gasteiger partial charge in [-0.15, -0.1) is 0 Å². The third-order valence-electron chi connectivity index (χ3n) is 2.59. The van der Waals surface area contributed by atoms with E-state index in [1.165, 1.54) is 0 Å². The molecule has 0 saturated heterocycles. The Labute approximate surface area is 95.1 Å². The van der Waals surface area contributed by atoms with Crippen molar-refractivity contribution in [2.75, 3.05) is 5.32 Å². The summed E-state index contributed by atoms with van der Waals surface area (Å²) in [6.45, 7) is 6.09. The molecule has 1 atom stereocenters. The van der Waals surface area contributed by atoms with Gasteiger partial charge in [-0.25, -0.2) is 0 Å². The van der Waals surface area contributed by atoms with Gasteiger partial charge in [0.25, 0.3) is 0 Å². The van der Waals surface area contributed by atoms with Crippen molar-refractivity contribution in [3.63, 3.8) is 0 Å². The number of hydrogen-bond acceptors (Lipinski definition) is 3. The summed E-state index contributed by atoms with van der Waals surface area (Å²) in [5, 5.41) is 10.3. The molecule has 2 N–H and O–H groups in total. The predicted octanol–water partition coefficient (Wildman–Crippen LogP) is 2.59. The zero-order chi connectivity index (χ0) is 11.5. The average molecular weight is 216 g/mol. The van der Waals surface area contributed by atoms with Gasteiger partial charge in [-0.3, -0.25) is 10.1 Å². The van der Waals surface area contributed by atoms with Crippen molar-refractivity contribution in [1.29, 1.82) is 0 Å². The largest absolute Gasteiger partial charge is 0.376 e. The number of H-pyrrole nitrogens is 1. The number of anilines is 1. The third kappa shape index (κ3) is 2.21. The van der Waals surface area contributed by atoms with Gasteiger partial charge in [-0.1, -0.05) is 0 Å². The number of hydrogen-bond donors (Lipinski definition) is 2. The maximum absolute atomic E-state index is 4.42. The molecule has 0 saturated carbocycles. The van der Waals surface area contributed by atoms with Crippen LogP contribution in [0.15, 0.2) is 24.4 Å². The van der Waals surface area contributed by atoms with Crippen molar-refractivity contribution >= 4 is 5.69 Å². The normalized spacial score (nSPS) is 12.4. The van der Waals surface area contributed by atoms with Crippen molar-refractivity contribution in [1.82, 2.24) is 15.2 Å². The van der Waals surface area contributed by atoms with Gasteiger partial charge >= 0.3 is 0 Å². The highest BCUT2D eigenvalue weighted by atomic mass is 15.1. The first-order valence-corrected chi connectivity index (χ1v) is 5.37. The highest BCUT2D eigenvalue weighted by Crippen LogP contribution is 2.19. The topological polar surface area (TPSA) is 53.6 Å². The fraction of sp³-hybridized carbons (Fsp3) is 0.333. The second kappa shape index (κ2) is 4.35. The molecule has 0 aliphatic rings. The summed E-state index contributed by atoms with van der Waals surface area (Å²) in [7, 11) is 0. The molecule has 2 heterocycles. The minimum Gasteiger partial charge on any atom is -0.376 e. The lowest BCUT2D eigenvalue weighted by Gasteiger charge is -2.15. The molecule has 0 spiro atoms. The van der Waals surface area contributed by atoms with Crippen LogP contribution in [0.1, 0.15) is 30.0 Å². The smallest absolute Gasteiger partial charge is 0.0652 e. The van der Waals surface area contributed by atoms with E-state index in [-0.39, 0.29) is 6.04 Å². The van der Waals surface area contributed by atoms with Gasteiger partial charge in [-0.2, -0.15) is 5.10 Å². The molecule has 2 rings (SSSR count). The fourth-order valence-electron chi connectivity index (χ4n) is 1.66. The third-order valence-corrected chi connectivity index (χ3v) is 2.59. The van der Waals surface area contributed by atoms with E-state index in [2.05, 4.69) is 33.5 Å². The lowest BCUT2D eigenvalue weighted by molar-refractivity contribution is 0.822. The van der Waals surface area contributed by atoms with Crippen LogP contribution in [-0.2, 0) is 0 Å². The number of aryl methyl sites for hydroxylation is 2. The van der Waals surface area contributed by atoms with E-state index in [9.17, 15) is 0 Å². The standard InChI is InChI=1S/C12H16N4/c1-8-4-5-11(9(2)14-8)15-10(3)12-6-7-13-16-12/h4-7,10,15H,1-3H3,(H,13,16). The van der Waals surface area contributed by atoms with Gasteiger partial charge in [0.1, 0.15) is 0 Å². The zero-order valence-electron chi connectivity index (χ0n) is 9.78. The SMILES string of the molecule is Cc1ccc(NC(C)c2ccn[nH]2)c(C)n1. The minimum atomic E-state index is 0.200. The van der Waals surface area contributed by atoms with Gasteiger partial charge in [0.15, 0.2) is 0 Å². The average Bonchev–Trinajstić information content (AvgIpc) is 2.75. The van der Waals surface area contributed by atoms with Crippen molar-refractivity contribution in [2.45, 2.75) is 26.8 Å². The Balaban J connectivity index is 2.15. The molecule has 0 aliphatic heterocycles. The van der Waals surface area contributed by atoms with Gasteiger partial charge in [0, 0.05) is 11.9 Å². The molecule has 0 radical (unpaired) electrons. The molecule has 84 valence electrons. The summed E-state index contributed by atoms with van der Waals surface area (Å²) in [6.07, 6.45) is 1.76. The molecule has 0 aliphatic carbocycles. The lowest BCUT2D eigenvalue weighted by Crippen LogP contribution is -2.09. The molecule has 2 aromatic heterocycles. The Hall–Kier alpha value is -1.84. The number of nitrogens with one attached hydrogen (secondary N) is 2. The number of rotatable bonds is 3. The first-order valence-electron chi connectivity index (χ1n) is 5.37. The molecule has 0 aromatic carbocycles. The monoisotopic (exact) mass is 216 g/mol. The molecular weight excluding hydrogens is 200 g/mol. The molecule has 4 heteroatoms. The molecule has 16 heavy (non-hydrogen) atoms. The maximum Gasteiger partial charge on any atom is 0.0652 e. The van der Waals surface area contributed by atoms with Gasteiger partial charge in [0.05, 0.1) is 23.1 Å². The lowest BCUT2D eigenvalue weighted by atomic mass is 10.2. The number of aromatic nitrogens is 3. The fourth-order valence-corrected chi connectivity index (χ4v) is 1.66. The maximum atomic E-state index is 4.42. The Kier molecular flexibility index (Phi) is 2.90. The van der Waals surface area contributed by atoms with Gasteiger partial charge in [0.2, 0.25) is 0 Å². The van der Waals surface area contributed by atoms with Crippen molar-refractivity contribution < 1.29 is 0 Å². The van der Waals surface area contributed by atoms with Crippen LogP contribution in [0.4, 0.5) is 5.69 Å². The Morgan fingerprint density at radius 3 is 2.69 bits per heavy atom. The van der Waals surface area contributed by atoms with Crippen LogP contribution in [0.3, 0.4) is 0 Å². The molecule has 2 aromatic rings. The van der Waals surface area contributed by atoms with E-state index in [4.69, 9.17) is 0 Å². The van der Waals surface area contributed by atoms with Gasteiger partial charge in [-0.05, 0) is 39.0 Å². The molecular formula is C12H16N4. The van der Waals surface area contributed by atoms with Crippen molar-refractivity contribution in [2.24, 2.45) is 0 Å². The minimum absolute atomic E-state index is 0.200. The number of aromatic amines is 1. The van der Waals surface area contributed by atoms with E-state index in [0.29, 0.717) is 0 Å². The van der Waals surface area contributed by atoms with E-state index in [0.717, 1.165) is 22.8 Å². The van der Waals surface area contributed by atoms with Crippen LogP contribution in [0, 0.1) is 13.8 Å². The number of pyridine rings is 1. The summed E-state index contributed by atoms with van der Waals surface area (Å²) < 4.78 is 0. The van der Waals surface area contributed by atoms with Crippen LogP contribution < -0.4 is 5.32 Å². The highest BCUT2D eigenvalue weighted by Gasteiger charge is 2.08. The molecule has 0 bridgehead atoms. The summed E-state index contributed by atoms with van der Waals surface area (Å²) in [4.78, 5) is 4.42. The second-order valence-electron chi connectivity index (χ2n) is 3.96.